The van der Waals surface area contributed by atoms with Crippen molar-refractivity contribution in [1.82, 2.24) is 10.2 Å². The van der Waals surface area contributed by atoms with Crippen molar-refractivity contribution in [3.8, 4) is 11.5 Å². The molecule has 3 rings (SSSR count). The molecule has 39 heavy (non-hydrogen) atoms. The Hall–Kier alpha value is -2.98. The van der Waals surface area contributed by atoms with Gasteiger partial charge in [-0.25, -0.2) is 8.42 Å². The maximum absolute atomic E-state index is 14.0. The molecule has 0 radical (unpaired) electrons. The van der Waals surface area contributed by atoms with Gasteiger partial charge in [-0.1, -0.05) is 56.0 Å². The molecule has 0 bridgehead atoms. The third-order valence-electron chi connectivity index (χ3n) is 6.97. The normalized spacial score (nSPS) is 14.8. The quantitative estimate of drug-likeness (QED) is 0.400. The highest BCUT2D eigenvalue weighted by Crippen LogP contribution is 2.34. The summed E-state index contributed by atoms with van der Waals surface area (Å²) in [6.07, 6.45) is 6.41. The third kappa shape index (κ3) is 8.02. The van der Waals surface area contributed by atoms with E-state index in [1.165, 1.54) is 25.2 Å². The minimum absolute atomic E-state index is 0.0436. The molecule has 9 nitrogen and oxygen atoms in total. The molecule has 1 fully saturated rings. The van der Waals surface area contributed by atoms with Gasteiger partial charge in [0.1, 0.15) is 24.1 Å². The molecular weight excluding hydrogens is 542 g/mol. The minimum atomic E-state index is -3.94. The summed E-state index contributed by atoms with van der Waals surface area (Å²) in [7, 11) is -1.06. The summed E-state index contributed by atoms with van der Waals surface area (Å²) < 4.78 is 37.6. The fourth-order valence-electron chi connectivity index (χ4n) is 4.86. The summed E-state index contributed by atoms with van der Waals surface area (Å²) in [5.74, 6) is -0.141. The molecule has 0 unspecified atom stereocenters. The molecular formula is C28H38ClN3O6S. The summed E-state index contributed by atoms with van der Waals surface area (Å²) in [5, 5.41) is 3.57. The van der Waals surface area contributed by atoms with E-state index in [0.29, 0.717) is 22.8 Å². The number of hydrogen-bond acceptors (Lipinski definition) is 6. The van der Waals surface area contributed by atoms with Crippen LogP contribution in [0.25, 0.3) is 0 Å². The minimum Gasteiger partial charge on any atom is -0.497 e. The van der Waals surface area contributed by atoms with Crippen LogP contribution in [0.4, 0.5) is 5.69 Å². The number of hydrogen-bond donors (Lipinski definition) is 1. The van der Waals surface area contributed by atoms with Crippen LogP contribution in [0.15, 0.2) is 42.5 Å². The van der Waals surface area contributed by atoms with Gasteiger partial charge in [0.05, 0.1) is 26.2 Å². The van der Waals surface area contributed by atoms with Crippen LogP contribution in [0.5, 0.6) is 11.5 Å². The Kier molecular flexibility index (Phi) is 10.9. The molecule has 0 aromatic heterocycles. The lowest BCUT2D eigenvalue weighted by molar-refractivity contribution is -0.140. The van der Waals surface area contributed by atoms with Crippen molar-refractivity contribution in [2.75, 3.05) is 31.3 Å². The van der Waals surface area contributed by atoms with Crippen molar-refractivity contribution in [3.05, 3.63) is 53.1 Å². The number of anilines is 1. The number of nitrogens with zero attached hydrogens (tertiary/aromatic N) is 2. The Bertz CT molecular complexity index is 1250. The van der Waals surface area contributed by atoms with Crippen molar-refractivity contribution >= 4 is 39.1 Å². The van der Waals surface area contributed by atoms with Crippen LogP contribution < -0.4 is 19.1 Å². The molecule has 2 amide bonds. The first-order chi connectivity index (χ1) is 18.6. The number of sulfonamides is 1. The molecule has 0 heterocycles. The van der Waals surface area contributed by atoms with Crippen LogP contribution in [0.3, 0.4) is 0 Å². The predicted molar refractivity (Wildman–Crippen MR) is 153 cm³/mol. The smallest absolute Gasteiger partial charge is 0.244 e. The molecule has 1 aliphatic rings. The van der Waals surface area contributed by atoms with Crippen molar-refractivity contribution in [2.45, 2.75) is 64.1 Å². The lowest BCUT2D eigenvalue weighted by Crippen LogP contribution is -2.54. The van der Waals surface area contributed by atoms with E-state index in [1.54, 1.807) is 36.4 Å². The molecule has 1 N–H and O–H groups in total. The number of carbonyl (C=O) groups excluding carboxylic acids is 2. The highest BCUT2D eigenvalue weighted by atomic mass is 35.5. The molecule has 1 atom stereocenters. The fraction of sp³-hybridized carbons (Fsp3) is 0.500. The first kappa shape index (κ1) is 30.6. The SMILES string of the molecule is CC[C@@H](C(=O)NC1CCCCC1)N(Cc1ccccc1Cl)C(=O)CN(c1cc(OC)ccc1OC)S(C)(=O)=O. The van der Waals surface area contributed by atoms with E-state index in [4.69, 9.17) is 21.1 Å². The van der Waals surface area contributed by atoms with Crippen molar-refractivity contribution in [1.29, 1.82) is 0 Å². The second-order valence-corrected chi connectivity index (χ2v) is 12.0. The Morgan fingerprint density at radius 2 is 1.77 bits per heavy atom. The molecule has 11 heteroatoms. The van der Waals surface area contributed by atoms with E-state index in [-0.39, 0.29) is 29.9 Å². The third-order valence-corrected chi connectivity index (χ3v) is 8.47. The molecule has 214 valence electrons. The maximum Gasteiger partial charge on any atom is 0.244 e. The van der Waals surface area contributed by atoms with Gasteiger partial charge in [-0.15, -0.1) is 0 Å². The molecule has 0 saturated heterocycles. The molecule has 2 aromatic carbocycles. The van der Waals surface area contributed by atoms with E-state index in [9.17, 15) is 18.0 Å². The van der Waals surface area contributed by atoms with Crippen LogP contribution in [0, 0.1) is 0 Å². The molecule has 0 aliphatic heterocycles. The number of halogens is 1. The highest BCUT2D eigenvalue weighted by Gasteiger charge is 2.34. The average molecular weight is 580 g/mol. The Morgan fingerprint density at radius 3 is 2.36 bits per heavy atom. The molecule has 1 aliphatic carbocycles. The van der Waals surface area contributed by atoms with Gasteiger partial charge >= 0.3 is 0 Å². The van der Waals surface area contributed by atoms with Gasteiger partial charge in [0.2, 0.25) is 21.8 Å². The van der Waals surface area contributed by atoms with Gasteiger partial charge in [0.15, 0.2) is 0 Å². The van der Waals surface area contributed by atoms with Gasteiger partial charge in [-0.2, -0.15) is 0 Å². The second-order valence-electron chi connectivity index (χ2n) is 9.69. The first-order valence-electron chi connectivity index (χ1n) is 13.1. The molecule has 0 spiro atoms. The number of benzene rings is 2. The average Bonchev–Trinajstić information content (AvgIpc) is 2.92. The largest absolute Gasteiger partial charge is 0.497 e. The van der Waals surface area contributed by atoms with Crippen LogP contribution in [-0.2, 0) is 26.2 Å². The zero-order chi connectivity index (χ0) is 28.6. The summed E-state index contributed by atoms with van der Waals surface area (Å²) in [4.78, 5) is 28.9. The summed E-state index contributed by atoms with van der Waals surface area (Å²) in [6.45, 7) is 1.33. The maximum atomic E-state index is 14.0. The number of ether oxygens (including phenoxy) is 2. The van der Waals surface area contributed by atoms with Crippen molar-refractivity contribution in [2.24, 2.45) is 0 Å². The van der Waals surface area contributed by atoms with Crippen LogP contribution in [-0.4, -0.2) is 64.2 Å². The van der Waals surface area contributed by atoms with Crippen LogP contribution in [0.1, 0.15) is 51.0 Å². The van der Waals surface area contributed by atoms with Gasteiger partial charge in [0, 0.05) is 23.7 Å². The van der Waals surface area contributed by atoms with Crippen molar-refractivity contribution < 1.29 is 27.5 Å². The lowest BCUT2D eigenvalue weighted by atomic mass is 9.95. The van der Waals surface area contributed by atoms with Gasteiger partial charge < -0.3 is 19.7 Å². The molecule has 2 aromatic rings. The van der Waals surface area contributed by atoms with E-state index in [0.717, 1.165) is 42.7 Å². The van der Waals surface area contributed by atoms with Gasteiger partial charge in [-0.3, -0.25) is 13.9 Å². The zero-order valence-electron chi connectivity index (χ0n) is 23.0. The topological polar surface area (TPSA) is 105 Å². The summed E-state index contributed by atoms with van der Waals surface area (Å²) in [6, 6.07) is 11.0. The lowest BCUT2D eigenvalue weighted by Gasteiger charge is -2.34. The van der Waals surface area contributed by atoms with Gasteiger partial charge in [-0.05, 0) is 43.0 Å². The van der Waals surface area contributed by atoms with E-state index in [2.05, 4.69) is 5.32 Å². The first-order valence-corrected chi connectivity index (χ1v) is 15.3. The Morgan fingerprint density at radius 1 is 1.08 bits per heavy atom. The summed E-state index contributed by atoms with van der Waals surface area (Å²) in [5.41, 5.74) is 0.811. The van der Waals surface area contributed by atoms with E-state index in [1.807, 2.05) is 6.92 Å². The highest BCUT2D eigenvalue weighted by molar-refractivity contribution is 7.92. The Balaban J connectivity index is 1.98. The monoisotopic (exact) mass is 579 g/mol. The van der Waals surface area contributed by atoms with E-state index < -0.39 is 28.5 Å². The number of methoxy groups -OCH3 is 2. The standard InChI is InChI=1S/C28H38ClN3O6S/c1-5-24(28(34)30-21-12-7-6-8-13-21)31(18-20-11-9-10-14-23(20)29)27(33)19-32(39(4,35)36)25-17-22(37-2)15-16-26(25)38-3/h9-11,14-17,21,24H,5-8,12-13,18-19H2,1-4H3,(H,30,34)/t24-/m0/s1. The fourth-order valence-corrected chi connectivity index (χ4v) is 5.90. The predicted octanol–water partition coefficient (Wildman–Crippen LogP) is 4.38. The van der Waals surface area contributed by atoms with E-state index >= 15 is 0 Å². The zero-order valence-corrected chi connectivity index (χ0v) is 24.6. The molecule has 1 saturated carbocycles. The van der Waals surface area contributed by atoms with Gasteiger partial charge in [0.25, 0.3) is 0 Å². The number of carbonyl (C=O) groups is 2. The second kappa shape index (κ2) is 13.9. The number of rotatable bonds is 12. The van der Waals surface area contributed by atoms with Crippen LogP contribution in [0.2, 0.25) is 5.02 Å². The Labute approximate surface area is 236 Å². The van der Waals surface area contributed by atoms with Crippen molar-refractivity contribution in [3.63, 3.8) is 0 Å². The van der Waals surface area contributed by atoms with Crippen LogP contribution >= 0.6 is 11.6 Å². The number of amides is 2. The summed E-state index contributed by atoms with van der Waals surface area (Å²) >= 11 is 6.43. The number of nitrogens with one attached hydrogen (secondary N) is 1.